The van der Waals surface area contributed by atoms with Crippen molar-refractivity contribution in [2.24, 2.45) is 0 Å². The average Bonchev–Trinajstić information content (AvgIpc) is 2.02. The van der Waals surface area contributed by atoms with Crippen LogP contribution in [-0.2, 0) is 5.60 Å². The van der Waals surface area contributed by atoms with Crippen molar-refractivity contribution >= 4 is 0 Å². The van der Waals surface area contributed by atoms with Crippen LogP contribution in [0.5, 0.6) is 0 Å². The van der Waals surface area contributed by atoms with E-state index in [1.807, 2.05) is 0 Å². The highest BCUT2D eigenvalue weighted by atomic mass is 19.4. The highest BCUT2D eigenvalue weighted by Gasteiger charge is 2.51. The van der Waals surface area contributed by atoms with Crippen LogP contribution in [0.1, 0.15) is 18.1 Å². The van der Waals surface area contributed by atoms with E-state index in [1.165, 1.54) is 12.3 Å². The zero-order chi connectivity index (χ0) is 11.0. The summed E-state index contributed by atoms with van der Waals surface area (Å²) in [5.41, 5.74) is -2.51. The van der Waals surface area contributed by atoms with Gasteiger partial charge >= 0.3 is 6.18 Å². The molecule has 1 aromatic rings. The Hall–Kier alpha value is -1.10. The molecule has 0 aliphatic heterocycles. The highest BCUT2D eigenvalue weighted by molar-refractivity contribution is 5.23. The fourth-order valence-electron chi connectivity index (χ4n) is 0.985. The molecule has 0 bridgehead atoms. The normalized spacial score (nSPS) is 16.4. The SMILES string of the molecule is Cc1cncc(C(C)(O)C(F)(F)F)c1. The summed E-state index contributed by atoms with van der Waals surface area (Å²) >= 11 is 0. The standard InChI is InChI=1S/C9H10F3NO/c1-6-3-7(5-13-4-6)8(2,14)9(10,11)12/h3-5,14H,1-2H3. The van der Waals surface area contributed by atoms with Crippen LogP contribution in [0.15, 0.2) is 18.5 Å². The molecule has 1 atom stereocenters. The first-order valence-corrected chi connectivity index (χ1v) is 3.96. The maximum absolute atomic E-state index is 12.4. The largest absolute Gasteiger partial charge is 0.421 e. The molecule has 14 heavy (non-hydrogen) atoms. The van der Waals surface area contributed by atoms with E-state index in [-0.39, 0.29) is 5.56 Å². The number of rotatable bonds is 1. The first-order chi connectivity index (χ1) is 6.25. The molecule has 5 heteroatoms. The third kappa shape index (κ3) is 1.87. The number of hydrogen-bond acceptors (Lipinski definition) is 2. The monoisotopic (exact) mass is 205 g/mol. The van der Waals surface area contributed by atoms with Crippen LogP contribution in [0.2, 0.25) is 0 Å². The molecule has 78 valence electrons. The van der Waals surface area contributed by atoms with Gasteiger partial charge in [0.25, 0.3) is 0 Å². The molecular formula is C9H10F3NO. The molecule has 0 amide bonds. The quantitative estimate of drug-likeness (QED) is 0.762. The Bertz CT molecular complexity index is 333. The van der Waals surface area contributed by atoms with Gasteiger partial charge in [-0.25, -0.2) is 0 Å². The number of nitrogens with zero attached hydrogens (tertiary/aromatic N) is 1. The molecule has 2 nitrogen and oxygen atoms in total. The van der Waals surface area contributed by atoms with Crippen LogP contribution in [0, 0.1) is 6.92 Å². The molecule has 0 saturated heterocycles. The zero-order valence-electron chi connectivity index (χ0n) is 7.76. The number of hydrogen-bond donors (Lipinski definition) is 1. The van der Waals surface area contributed by atoms with Crippen LogP contribution in [0.25, 0.3) is 0 Å². The third-order valence-electron chi connectivity index (χ3n) is 1.99. The van der Waals surface area contributed by atoms with E-state index in [2.05, 4.69) is 4.98 Å². The van der Waals surface area contributed by atoms with E-state index in [0.29, 0.717) is 12.5 Å². The van der Waals surface area contributed by atoms with Crippen molar-refractivity contribution in [1.29, 1.82) is 0 Å². The van der Waals surface area contributed by atoms with Gasteiger partial charge in [0, 0.05) is 18.0 Å². The number of aromatic nitrogens is 1. The van der Waals surface area contributed by atoms with E-state index < -0.39 is 11.8 Å². The van der Waals surface area contributed by atoms with Crippen LogP contribution >= 0.6 is 0 Å². The molecular weight excluding hydrogens is 195 g/mol. The van der Waals surface area contributed by atoms with Gasteiger partial charge in [0.1, 0.15) is 0 Å². The molecule has 0 saturated carbocycles. The lowest BCUT2D eigenvalue weighted by atomic mass is 9.96. The van der Waals surface area contributed by atoms with E-state index in [4.69, 9.17) is 0 Å². The summed E-state index contributed by atoms with van der Waals surface area (Å²) in [4.78, 5) is 3.60. The Morgan fingerprint density at radius 3 is 2.29 bits per heavy atom. The molecule has 0 fully saturated rings. The molecule has 0 aromatic carbocycles. The van der Waals surface area contributed by atoms with Crippen molar-refractivity contribution in [3.8, 4) is 0 Å². The van der Waals surface area contributed by atoms with E-state index in [1.54, 1.807) is 6.92 Å². The van der Waals surface area contributed by atoms with E-state index in [0.717, 1.165) is 6.20 Å². The van der Waals surface area contributed by atoms with Crippen molar-refractivity contribution in [2.45, 2.75) is 25.6 Å². The summed E-state index contributed by atoms with van der Waals surface area (Å²) in [6.45, 7) is 2.33. The predicted octanol–water partition coefficient (Wildman–Crippen LogP) is 2.16. The second kappa shape index (κ2) is 3.24. The van der Waals surface area contributed by atoms with E-state index >= 15 is 0 Å². The lowest BCUT2D eigenvalue weighted by molar-refractivity contribution is -0.259. The van der Waals surface area contributed by atoms with Crippen molar-refractivity contribution in [3.05, 3.63) is 29.6 Å². The second-order valence-corrected chi connectivity index (χ2v) is 3.32. The van der Waals surface area contributed by atoms with Gasteiger partial charge in [-0.1, -0.05) is 0 Å². The molecule has 1 heterocycles. The Kier molecular flexibility index (Phi) is 2.54. The third-order valence-corrected chi connectivity index (χ3v) is 1.99. The van der Waals surface area contributed by atoms with Crippen molar-refractivity contribution in [3.63, 3.8) is 0 Å². The maximum atomic E-state index is 12.4. The number of aliphatic hydroxyl groups is 1. The summed E-state index contributed by atoms with van der Waals surface area (Å²) < 4.78 is 37.1. The number of pyridine rings is 1. The van der Waals surface area contributed by atoms with Gasteiger partial charge in [-0.05, 0) is 25.5 Å². The Balaban J connectivity index is 3.16. The zero-order valence-corrected chi connectivity index (χ0v) is 7.76. The van der Waals surface area contributed by atoms with Gasteiger partial charge in [0.2, 0.25) is 0 Å². The summed E-state index contributed by atoms with van der Waals surface area (Å²) in [7, 11) is 0. The minimum absolute atomic E-state index is 0.245. The molecule has 1 rings (SSSR count). The lowest BCUT2D eigenvalue weighted by Crippen LogP contribution is -2.39. The van der Waals surface area contributed by atoms with Gasteiger partial charge < -0.3 is 5.11 Å². The minimum Gasteiger partial charge on any atom is -0.376 e. The number of alkyl halides is 3. The molecule has 0 aliphatic carbocycles. The molecule has 0 aliphatic rings. The lowest BCUT2D eigenvalue weighted by Gasteiger charge is -2.26. The summed E-state index contributed by atoms with van der Waals surface area (Å²) in [6, 6.07) is 1.26. The van der Waals surface area contributed by atoms with Crippen LogP contribution in [0.4, 0.5) is 13.2 Å². The molecule has 0 spiro atoms. The van der Waals surface area contributed by atoms with Crippen molar-refractivity contribution in [2.75, 3.05) is 0 Å². The summed E-state index contributed by atoms with van der Waals surface area (Å²) in [6.07, 6.45) is -2.25. The second-order valence-electron chi connectivity index (χ2n) is 3.32. The van der Waals surface area contributed by atoms with Crippen LogP contribution < -0.4 is 0 Å². The van der Waals surface area contributed by atoms with Gasteiger partial charge in [-0.3, -0.25) is 4.98 Å². The maximum Gasteiger partial charge on any atom is 0.421 e. The number of halogens is 3. The first-order valence-electron chi connectivity index (χ1n) is 3.96. The van der Waals surface area contributed by atoms with Gasteiger partial charge in [0.15, 0.2) is 5.60 Å². The van der Waals surface area contributed by atoms with Gasteiger partial charge in [0.05, 0.1) is 0 Å². The fourth-order valence-corrected chi connectivity index (χ4v) is 0.985. The smallest absolute Gasteiger partial charge is 0.376 e. The molecule has 0 radical (unpaired) electrons. The number of aryl methyl sites for hydroxylation is 1. The Labute approximate surface area is 79.4 Å². The van der Waals surface area contributed by atoms with Crippen LogP contribution in [0.3, 0.4) is 0 Å². The van der Waals surface area contributed by atoms with Crippen molar-refractivity contribution in [1.82, 2.24) is 4.98 Å². The summed E-state index contributed by atoms with van der Waals surface area (Å²) in [5.74, 6) is 0. The molecule has 1 unspecified atom stereocenters. The predicted molar refractivity (Wildman–Crippen MR) is 44.6 cm³/mol. The molecule has 1 aromatic heterocycles. The minimum atomic E-state index is -4.69. The summed E-state index contributed by atoms with van der Waals surface area (Å²) in [5, 5.41) is 9.28. The van der Waals surface area contributed by atoms with Crippen LogP contribution in [-0.4, -0.2) is 16.3 Å². The Morgan fingerprint density at radius 2 is 1.86 bits per heavy atom. The highest BCUT2D eigenvalue weighted by Crippen LogP contribution is 2.38. The van der Waals surface area contributed by atoms with Crippen molar-refractivity contribution < 1.29 is 18.3 Å². The fraction of sp³-hybridized carbons (Fsp3) is 0.444. The van der Waals surface area contributed by atoms with E-state index in [9.17, 15) is 18.3 Å². The average molecular weight is 205 g/mol. The van der Waals surface area contributed by atoms with Gasteiger partial charge in [-0.2, -0.15) is 13.2 Å². The topological polar surface area (TPSA) is 33.1 Å². The van der Waals surface area contributed by atoms with Gasteiger partial charge in [-0.15, -0.1) is 0 Å². The molecule has 1 N–H and O–H groups in total. The first kappa shape index (κ1) is 11.0. The Morgan fingerprint density at radius 1 is 1.29 bits per heavy atom.